The van der Waals surface area contributed by atoms with Gasteiger partial charge in [0.15, 0.2) is 0 Å². The van der Waals surface area contributed by atoms with Gasteiger partial charge in [0.1, 0.15) is 6.61 Å². The predicted molar refractivity (Wildman–Crippen MR) is 70.6 cm³/mol. The summed E-state index contributed by atoms with van der Waals surface area (Å²) in [6.45, 7) is 0.0776. The van der Waals surface area contributed by atoms with Crippen LogP contribution in [0, 0.1) is 5.41 Å². The predicted octanol–water partition coefficient (Wildman–Crippen LogP) is 3.34. The minimum atomic E-state index is -1.87. The molecule has 98 valence electrons. The summed E-state index contributed by atoms with van der Waals surface area (Å²) in [6.07, 6.45) is 0. The molecule has 0 saturated carbocycles. The molecular formula is C11H10Cl3NO3. The number of carbonyl (C=O) groups is 1. The highest BCUT2D eigenvalue weighted by Gasteiger charge is 2.28. The maximum Gasteiger partial charge on any atom is 0.337 e. The molecule has 1 aromatic rings. The van der Waals surface area contributed by atoms with E-state index < -0.39 is 15.7 Å². The molecule has 0 aliphatic rings. The third-order valence-electron chi connectivity index (χ3n) is 2.02. The van der Waals surface area contributed by atoms with E-state index in [4.69, 9.17) is 44.9 Å². The first-order valence-corrected chi connectivity index (χ1v) is 5.94. The standard InChI is InChI=1S/C11H10Cl3NO3/c1-17-9(16)8-4-2-7(3-5-8)6-18-10(15)11(12,13)14/h2-5,15H,6H2,1H3. The van der Waals surface area contributed by atoms with Crippen molar-refractivity contribution in [2.24, 2.45) is 0 Å². The molecule has 1 N–H and O–H groups in total. The molecule has 0 amide bonds. The van der Waals surface area contributed by atoms with Crippen LogP contribution in [0.25, 0.3) is 0 Å². The van der Waals surface area contributed by atoms with Crippen molar-refractivity contribution in [3.63, 3.8) is 0 Å². The Morgan fingerprint density at radius 2 is 1.83 bits per heavy atom. The highest BCUT2D eigenvalue weighted by atomic mass is 35.6. The Labute approximate surface area is 119 Å². The van der Waals surface area contributed by atoms with Crippen LogP contribution in [0.5, 0.6) is 0 Å². The molecule has 0 unspecified atom stereocenters. The molecule has 0 fully saturated rings. The number of methoxy groups -OCH3 is 1. The maximum atomic E-state index is 11.2. The minimum Gasteiger partial charge on any atom is -0.473 e. The van der Waals surface area contributed by atoms with E-state index in [9.17, 15) is 4.79 Å². The van der Waals surface area contributed by atoms with Crippen molar-refractivity contribution < 1.29 is 14.3 Å². The Hall–Kier alpha value is -0.970. The quantitative estimate of drug-likeness (QED) is 0.403. The lowest BCUT2D eigenvalue weighted by molar-refractivity contribution is 0.0600. The number of halogens is 3. The molecule has 4 nitrogen and oxygen atoms in total. The summed E-state index contributed by atoms with van der Waals surface area (Å²) in [5.41, 5.74) is 1.17. The van der Waals surface area contributed by atoms with Crippen LogP contribution >= 0.6 is 34.8 Å². The summed E-state index contributed by atoms with van der Waals surface area (Å²) in [6, 6.07) is 6.50. The molecule has 0 bridgehead atoms. The van der Waals surface area contributed by atoms with E-state index in [2.05, 4.69) is 4.74 Å². The molecule has 0 aliphatic heterocycles. The monoisotopic (exact) mass is 309 g/mol. The highest BCUT2D eigenvalue weighted by molar-refractivity contribution is 6.76. The van der Waals surface area contributed by atoms with Gasteiger partial charge in [-0.1, -0.05) is 46.9 Å². The smallest absolute Gasteiger partial charge is 0.337 e. The summed E-state index contributed by atoms with van der Waals surface area (Å²) in [7, 11) is 1.31. The van der Waals surface area contributed by atoms with Crippen molar-refractivity contribution in [1.29, 1.82) is 5.41 Å². The first-order valence-electron chi connectivity index (χ1n) is 4.80. The summed E-state index contributed by atoms with van der Waals surface area (Å²) in [4.78, 5) is 11.2. The average molecular weight is 311 g/mol. The molecule has 7 heteroatoms. The fourth-order valence-electron chi connectivity index (χ4n) is 1.09. The Morgan fingerprint density at radius 3 is 2.28 bits per heavy atom. The molecule has 1 rings (SSSR count). The van der Waals surface area contributed by atoms with Crippen molar-refractivity contribution in [3.05, 3.63) is 35.4 Å². The average Bonchev–Trinajstić information content (AvgIpc) is 2.34. The van der Waals surface area contributed by atoms with Crippen LogP contribution in [-0.2, 0) is 16.1 Å². The number of esters is 1. The van der Waals surface area contributed by atoms with E-state index in [-0.39, 0.29) is 6.61 Å². The second kappa shape index (κ2) is 6.27. The van der Waals surface area contributed by atoms with E-state index in [1.54, 1.807) is 24.3 Å². The van der Waals surface area contributed by atoms with Gasteiger partial charge in [-0.15, -0.1) is 0 Å². The normalized spacial score (nSPS) is 10.9. The summed E-state index contributed by atoms with van der Waals surface area (Å²) in [5, 5.41) is 7.34. The Kier molecular flexibility index (Phi) is 5.26. The first-order chi connectivity index (χ1) is 8.34. The van der Waals surface area contributed by atoms with Crippen molar-refractivity contribution >= 4 is 46.7 Å². The number of benzene rings is 1. The molecule has 0 aromatic heterocycles. The van der Waals surface area contributed by atoms with Crippen LogP contribution in [0.3, 0.4) is 0 Å². The number of nitrogens with one attached hydrogen (secondary N) is 1. The summed E-state index contributed by atoms with van der Waals surface area (Å²) in [5.74, 6) is -0.874. The molecule has 0 spiro atoms. The second-order valence-corrected chi connectivity index (χ2v) is 5.59. The number of ether oxygens (including phenoxy) is 2. The Morgan fingerprint density at radius 1 is 1.28 bits per heavy atom. The lowest BCUT2D eigenvalue weighted by atomic mass is 10.1. The number of alkyl halides is 3. The molecule has 0 aliphatic carbocycles. The Balaban J connectivity index is 2.60. The largest absolute Gasteiger partial charge is 0.473 e. The van der Waals surface area contributed by atoms with Gasteiger partial charge < -0.3 is 9.47 Å². The van der Waals surface area contributed by atoms with E-state index in [0.717, 1.165) is 5.56 Å². The third kappa shape index (κ3) is 4.37. The van der Waals surface area contributed by atoms with Gasteiger partial charge in [0.05, 0.1) is 12.7 Å². The molecule has 0 atom stereocenters. The minimum absolute atomic E-state index is 0.0776. The van der Waals surface area contributed by atoms with Gasteiger partial charge in [-0.2, -0.15) is 0 Å². The van der Waals surface area contributed by atoms with Gasteiger partial charge in [-0.25, -0.2) is 4.79 Å². The number of carbonyl (C=O) groups excluding carboxylic acids is 1. The zero-order valence-electron chi connectivity index (χ0n) is 9.38. The third-order valence-corrected chi connectivity index (χ3v) is 2.53. The van der Waals surface area contributed by atoms with E-state index in [1.807, 2.05) is 0 Å². The molecule has 0 saturated heterocycles. The van der Waals surface area contributed by atoms with Crippen LogP contribution in [-0.4, -0.2) is 22.8 Å². The van der Waals surface area contributed by atoms with Gasteiger partial charge >= 0.3 is 5.97 Å². The van der Waals surface area contributed by atoms with Gasteiger partial charge in [-0.05, 0) is 17.7 Å². The van der Waals surface area contributed by atoms with Gasteiger partial charge in [0.2, 0.25) is 5.90 Å². The van der Waals surface area contributed by atoms with Crippen LogP contribution in [0.2, 0.25) is 0 Å². The van der Waals surface area contributed by atoms with Gasteiger partial charge in [-0.3, -0.25) is 5.41 Å². The van der Waals surface area contributed by atoms with Crippen molar-refractivity contribution in [3.8, 4) is 0 Å². The first kappa shape index (κ1) is 15.1. The van der Waals surface area contributed by atoms with Crippen molar-refractivity contribution in [2.45, 2.75) is 10.4 Å². The number of hydrogen-bond donors (Lipinski definition) is 1. The van der Waals surface area contributed by atoms with Gasteiger partial charge in [0.25, 0.3) is 3.79 Å². The maximum absolute atomic E-state index is 11.2. The van der Waals surface area contributed by atoms with E-state index in [0.29, 0.717) is 5.56 Å². The molecule has 1 aromatic carbocycles. The topological polar surface area (TPSA) is 59.4 Å². The summed E-state index contributed by atoms with van der Waals surface area (Å²) >= 11 is 16.4. The van der Waals surface area contributed by atoms with Crippen molar-refractivity contribution in [1.82, 2.24) is 0 Å². The number of hydrogen-bond acceptors (Lipinski definition) is 4. The molecule has 18 heavy (non-hydrogen) atoms. The molecule has 0 heterocycles. The van der Waals surface area contributed by atoms with Crippen LogP contribution in [0.15, 0.2) is 24.3 Å². The van der Waals surface area contributed by atoms with Crippen LogP contribution < -0.4 is 0 Å². The van der Waals surface area contributed by atoms with E-state index >= 15 is 0 Å². The fraction of sp³-hybridized carbons (Fsp3) is 0.273. The SMILES string of the molecule is COC(=O)c1ccc(COC(=N)C(Cl)(Cl)Cl)cc1. The second-order valence-electron chi connectivity index (χ2n) is 3.30. The van der Waals surface area contributed by atoms with Crippen LogP contribution in [0.1, 0.15) is 15.9 Å². The zero-order chi connectivity index (χ0) is 13.8. The van der Waals surface area contributed by atoms with Crippen LogP contribution in [0.4, 0.5) is 0 Å². The lowest BCUT2D eigenvalue weighted by Crippen LogP contribution is -2.20. The van der Waals surface area contributed by atoms with Crippen molar-refractivity contribution in [2.75, 3.05) is 7.11 Å². The van der Waals surface area contributed by atoms with E-state index in [1.165, 1.54) is 7.11 Å². The Bertz CT molecular complexity index is 440. The highest BCUT2D eigenvalue weighted by Crippen LogP contribution is 2.28. The zero-order valence-corrected chi connectivity index (χ0v) is 11.6. The molecule has 0 radical (unpaired) electrons. The fourth-order valence-corrected chi connectivity index (χ4v) is 1.26. The molecular weight excluding hydrogens is 300 g/mol. The van der Waals surface area contributed by atoms with Gasteiger partial charge in [0, 0.05) is 0 Å². The number of rotatable bonds is 3. The summed E-state index contributed by atoms with van der Waals surface area (Å²) < 4.78 is 7.68. The lowest BCUT2D eigenvalue weighted by Gasteiger charge is -2.13.